The molecular weight excluding hydrogens is 452 g/mol. The van der Waals surface area contributed by atoms with Gasteiger partial charge >= 0.3 is 0 Å². The Kier molecular flexibility index (Phi) is 4.58. The molecule has 2 bridgehead atoms. The van der Waals surface area contributed by atoms with Gasteiger partial charge in [-0.15, -0.1) is 0 Å². The molecule has 36 heavy (non-hydrogen) atoms. The van der Waals surface area contributed by atoms with Crippen LogP contribution in [0, 0.1) is 24.2 Å². The van der Waals surface area contributed by atoms with Gasteiger partial charge in [-0.2, -0.15) is 0 Å². The van der Waals surface area contributed by atoms with E-state index in [0.717, 1.165) is 35.9 Å². The number of ether oxygens (including phenoxy) is 1. The number of fused-ring (bicyclic) bond motifs is 2. The van der Waals surface area contributed by atoms with Gasteiger partial charge < -0.3 is 24.3 Å². The number of likely N-dealkylation sites (N-methyl/N-ethyl adjacent to an activating group) is 1. The van der Waals surface area contributed by atoms with Crippen molar-refractivity contribution in [3.8, 4) is 0 Å². The van der Waals surface area contributed by atoms with Gasteiger partial charge in [-0.1, -0.05) is 38.1 Å². The Morgan fingerprint density at radius 1 is 1.17 bits per heavy atom. The fraction of sp³-hybridized carbons (Fsp3) is 0.567. The van der Waals surface area contributed by atoms with E-state index in [9.17, 15) is 10.2 Å². The highest BCUT2D eigenvalue weighted by atomic mass is 16.5. The van der Waals surface area contributed by atoms with Crippen LogP contribution in [0.5, 0.6) is 0 Å². The second kappa shape index (κ2) is 7.19. The van der Waals surface area contributed by atoms with Crippen molar-refractivity contribution in [1.29, 1.82) is 0 Å². The minimum absolute atomic E-state index is 0.0828. The lowest BCUT2D eigenvalue weighted by atomic mass is 9.54. The highest BCUT2D eigenvalue weighted by molar-refractivity contribution is 5.82. The summed E-state index contributed by atoms with van der Waals surface area (Å²) in [6.07, 6.45) is 8.80. The average molecular weight is 489 g/mol. The molecule has 6 nitrogen and oxygen atoms in total. The Morgan fingerprint density at radius 2 is 1.97 bits per heavy atom. The normalized spacial score (nSPS) is 43.1. The van der Waals surface area contributed by atoms with E-state index in [4.69, 9.17) is 9.15 Å². The first-order chi connectivity index (χ1) is 17.1. The van der Waals surface area contributed by atoms with Crippen LogP contribution < -0.4 is 0 Å². The van der Waals surface area contributed by atoms with Crippen molar-refractivity contribution < 1.29 is 19.4 Å². The topological polar surface area (TPSA) is 79.0 Å². The van der Waals surface area contributed by atoms with Crippen molar-refractivity contribution >= 4 is 16.7 Å². The highest BCUT2D eigenvalue weighted by Gasteiger charge is 2.68. The van der Waals surface area contributed by atoms with Crippen molar-refractivity contribution in [2.24, 2.45) is 17.3 Å². The summed E-state index contributed by atoms with van der Waals surface area (Å²) in [5.74, 6) is 1.29. The molecule has 2 aliphatic heterocycles. The Bertz CT molecular complexity index is 1370. The average Bonchev–Trinajstić information content (AvgIpc) is 3.49. The predicted molar refractivity (Wildman–Crippen MR) is 138 cm³/mol. The summed E-state index contributed by atoms with van der Waals surface area (Å²) in [6, 6.07) is 6.25. The third kappa shape index (κ3) is 2.68. The monoisotopic (exact) mass is 488 g/mol. The number of oxazole rings is 1. The number of aliphatic hydroxyl groups is 2. The number of aromatic nitrogens is 1. The maximum Gasteiger partial charge on any atom is 0.192 e. The summed E-state index contributed by atoms with van der Waals surface area (Å²) in [7, 11) is 3.95. The lowest BCUT2D eigenvalue weighted by Crippen LogP contribution is -2.62. The number of aliphatic hydroxyl groups excluding tert-OH is 2. The Balaban J connectivity index is 1.33. The minimum atomic E-state index is -0.901. The first-order valence-electron chi connectivity index (χ1n) is 13.3. The largest absolute Gasteiger partial charge is 0.441 e. The van der Waals surface area contributed by atoms with Crippen molar-refractivity contribution in [3.63, 3.8) is 0 Å². The van der Waals surface area contributed by atoms with Crippen LogP contribution in [0.3, 0.4) is 0 Å². The molecule has 3 heterocycles. The van der Waals surface area contributed by atoms with Crippen LogP contribution in [0.1, 0.15) is 51.0 Å². The Hall–Kier alpha value is -2.25. The van der Waals surface area contributed by atoms with Crippen molar-refractivity contribution in [2.75, 3.05) is 14.1 Å². The highest BCUT2D eigenvalue weighted by Crippen LogP contribution is 2.69. The number of benzene rings is 1. The van der Waals surface area contributed by atoms with Gasteiger partial charge in [-0.05, 0) is 80.1 Å². The van der Waals surface area contributed by atoms with E-state index in [1.54, 1.807) is 0 Å². The van der Waals surface area contributed by atoms with Gasteiger partial charge in [-0.25, -0.2) is 4.98 Å². The molecule has 2 N–H and O–H groups in total. The smallest absolute Gasteiger partial charge is 0.192 e. The number of aryl methyl sites for hydroxylation is 1. The zero-order chi connectivity index (χ0) is 25.2. The SMILES string of the molecule is Cc1nc2cc(C3=CCC4[C@]3(C)C(C)C=C3C=C5[C@@H](O)[C@H](O)[C@@H](N(C)C)C[C@]56CC[C@@]34O6)ccc2o1. The summed E-state index contributed by atoms with van der Waals surface area (Å²) in [4.78, 5) is 6.62. The molecule has 5 aliphatic rings. The zero-order valence-corrected chi connectivity index (χ0v) is 21.8. The van der Waals surface area contributed by atoms with Crippen LogP contribution in [0.4, 0.5) is 0 Å². The molecule has 1 saturated heterocycles. The van der Waals surface area contributed by atoms with E-state index < -0.39 is 17.8 Å². The molecular formula is C30H36N2O4. The molecule has 1 saturated carbocycles. The molecule has 7 rings (SSSR count). The number of nitrogens with zero attached hydrogens (tertiary/aromatic N) is 2. The van der Waals surface area contributed by atoms with Crippen molar-refractivity contribution in [3.05, 3.63) is 59.0 Å². The lowest BCUT2D eigenvalue weighted by Gasteiger charge is -2.57. The zero-order valence-electron chi connectivity index (χ0n) is 21.8. The van der Waals surface area contributed by atoms with Gasteiger partial charge in [-0.3, -0.25) is 0 Å². The van der Waals surface area contributed by atoms with E-state index in [0.29, 0.717) is 24.1 Å². The standard InChI is InChI=1S/C30H36N2O4/c1-16-12-19-14-21-26(33)27(34)23(32(4)5)15-29(21)10-11-30(19,36-29)25-9-7-20(28(16,25)3)18-6-8-24-22(13-18)31-17(2)35-24/h6-8,12-14,16,23,25-27,33-34H,9-11,15H2,1-5H3/t16?,23-,25?,26+,27+,28+,29+,30+/m0/s1. The van der Waals surface area contributed by atoms with E-state index in [1.807, 2.05) is 32.0 Å². The summed E-state index contributed by atoms with van der Waals surface area (Å²) in [5, 5.41) is 22.1. The molecule has 8 atom stereocenters. The van der Waals surface area contributed by atoms with Crippen LogP contribution in [0.2, 0.25) is 0 Å². The van der Waals surface area contributed by atoms with Gasteiger partial charge in [0.2, 0.25) is 0 Å². The van der Waals surface area contributed by atoms with Crippen LogP contribution in [-0.2, 0) is 4.74 Å². The summed E-state index contributed by atoms with van der Waals surface area (Å²) in [5.41, 5.74) is 5.44. The molecule has 190 valence electrons. The van der Waals surface area contributed by atoms with Gasteiger partial charge in [0, 0.05) is 24.3 Å². The second-order valence-electron chi connectivity index (χ2n) is 12.3. The van der Waals surface area contributed by atoms with E-state index in [-0.39, 0.29) is 17.1 Å². The summed E-state index contributed by atoms with van der Waals surface area (Å²) in [6.45, 7) is 6.62. The number of allylic oxidation sites excluding steroid dienone is 3. The molecule has 2 fully saturated rings. The number of rotatable bonds is 2. The molecule has 0 amide bonds. The minimum Gasteiger partial charge on any atom is -0.441 e. The van der Waals surface area contributed by atoms with Gasteiger partial charge in [0.15, 0.2) is 11.5 Å². The van der Waals surface area contributed by atoms with Gasteiger partial charge in [0.1, 0.15) is 11.6 Å². The summed E-state index contributed by atoms with van der Waals surface area (Å²) < 4.78 is 13.0. The maximum atomic E-state index is 11.2. The van der Waals surface area contributed by atoms with Gasteiger partial charge in [0.05, 0.1) is 17.3 Å². The Labute approximate surface area is 212 Å². The van der Waals surface area contributed by atoms with E-state index in [1.165, 1.54) is 16.7 Å². The third-order valence-corrected chi connectivity index (χ3v) is 10.4. The van der Waals surface area contributed by atoms with Crippen molar-refractivity contribution in [1.82, 2.24) is 9.88 Å². The fourth-order valence-electron chi connectivity index (χ4n) is 8.47. The molecule has 1 aromatic carbocycles. The molecule has 3 aliphatic carbocycles. The molecule has 0 radical (unpaired) electrons. The van der Waals surface area contributed by atoms with Crippen molar-refractivity contribution in [2.45, 2.75) is 75.9 Å². The van der Waals surface area contributed by atoms with Crippen LogP contribution in [0.25, 0.3) is 16.7 Å². The quantitative estimate of drug-likeness (QED) is 0.652. The molecule has 1 aromatic heterocycles. The first kappa shape index (κ1) is 22.9. The van der Waals surface area contributed by atoms with E-state index in [2.05, 4.69) is 49.2 Å². The number of hydrogen-bond donors (Lipinski definition) is 2. The summed E-state index contributed by atoms with van der Waals surface area (Å²) >= 11 is 0. The fourth-order valence-corrected chi connectivity index (χ4v) is 8.47. The molecule has 2 aromatic rings. The van der Waals surface area contributed by atoms with Crippen LogP contribution in [-0.4, -0.2) is 63.6 Å². The van der Waals surface area contributed by atoms with Gasteiger partial charge in [0.25, 0.3) is 0 Å². The molecule has 2 unspecified atom stereocenters. The van der Waals surface area contributed by atoms with E-state index >= 15 is 0 Å². The van der Waals surface area contributed by atoms with Crippen LogP contribution >= 0.6 is 0 Å². The third-order valence-electron chi connectivity index (χ3n) is 10.4. The maximum absolute atomic E-state index is 11.2. The molecule has 2 spiro atoms. The lowest BCUT2D eigenvalue weighted by molar-refractivity contribution is -0.165. The molecule has 6 heteroatoms. The predicted octanol–water partition coefficient (Wildman–Crippen LogP) is 4.41. The number of hydrogen-bond acceptors (Lipinski definition) is 6. The first-order valence-corrected chi connectivity index (χ1v) is 13.3. The van der Waals surface area contributed by atoms with Crippen LogP contribution in [0.15, 0.2) is 52.0 Å². The second-order valence-corrected chi connectivity index (χ2v) is 12.3. The Morgan fingerprint density at radius 3 is 2.75 bits per heavy atom.